The fraction of sp³-hybridized carbons (Fsp3) is 0.562. The van der Waals surface area contributed by atoms with Crippen LogP contribution in [-0.4, -0.2) is 59.6 Å². The number of rotatable bonds is 2. The molecule has 1 unspecified atom stereocenters. The summed E-state index contributed by atoms with van der Waals surface area (Å²) in [5.41, 5.74) is -0.526. The van der Waals surface area contributed by atoms with E-state index in [0.29, 0.717) is 5.02 Å². The number of hydrogen-bond donors (Lipinski definition) is 1. The first-order valence-electron chi connectivity index (χ1n) is 7.80. The highest BCUT2D eigenvalue weighted by atomic mass is 35.5. The molecule has 24 heavy (non-hydrogen) atoms. The zero-order valence-electron chi connectivity index (χ0n) is 14.4. The molecule has 0 saturated carbocycles. The second kappa shape index (κ2) is 6.29. The van der Waals surface area contributed by atoms with E-state index in [-0.39, 0.29) is 35.1 Å². The van der Waals surface area contributed by atoms with E-state index in [1.54, 1.807) is 6.92 Å². The van der Waals surface area contributed by atoms with E-state index in [1.165, 1.54) is 28.6 Å². The van der Waals surface area contributed by atoms with E-state index < -0.39 is 21.7 Å². The van der Waals surface area contributed by atoms with Crippen molar-refractivity contribution in [3.05, 3.63) is 29.3 Å². The summed E-state index contributed by atoms with van der Waals surface area (Å²) in [5.74, 6) is 0. The Labute approximate surface area is 148 Å². The van der Waals surface area contributed by atoms with Crippen LogP contribution in [0.15, 0.2) is 29.2 Å². The predicted octanol–water partition coefficient (Wildman–Crippen LogP) is 3.03. The maximum Gasteiger partial charge on any atom is 0.514 e. The van der Waals surface area contributed by atoms with Crippen molar-refractivity contribution in [2.24, 2.45) is 0 Å². The number of carbonyl (C=O) groups is 1. The summed E-state index contributed by atoms with van der Waals surface area (Å²) in [7, 11) is -3.66. The molecule has 1 aromatic carbocycles. The number of quaternary nitrogens is 1. The number of halogens is 1. The smallest absolute Gasteiger partial charge is 0.435 e. The highest BCUT2D eigenvalue weighted by Gasteiger charge is 2.55. The zero-order chi connectivity index (χ0) is 18.3. The molecule has 0 spiro atoms. The van der Waals surface area contributed by atoms with Gasteiger partial charge in [-0.2, -0.15) is 9.10 Å². The Morgan fingerprint density at radius 3 is 2.25 bits per heavy atom. The summed E-state index contributed by atoms with van der Waals surface area (Å²) in [5, 5.41) is 10.3. The van der Waals surface area contributed by atoms with Crippen molar-refractivity contribution in [2.75, 3.05) is 19.6 Å². The summed E-state index contributed by atoms with van der Waals surface area (Å²) in [6, 6.07) is 5.65. The molecule has 1 heterocycles. The van der Waals surface area contributed by atoms with Gasteiger partial charge in [0.15, 0.2) is 0 Å². The quantitative estimate of drug-likeness (QED) is 0.806. The van der Waals surface area contributed by atoms with Crippen LogP contribution < -0.4 is 0 Å². The van der Waals surface area contributed by atoms with Crippen molar-refractivity contribution in [1.29, 1.82) is 0 Å². The van der Waals surface area contributed by atoms with Gasteiger partial charge in [-0.3, -0.25) is 0 Å². The van der Waals surface area contributed by atoms with Gasteiger partial charge in [-0.15, -0.1) is 0 Å². The van der Waals surface area contributed by atoms with Crippen molar-refractivity contribution in [1.82, 2.24) is 4.31 Å². The fourth-order valence-electron chi connectivity index (χ4n) is 3.56. The molecule has 134 valence electrons. The SMILES string of the molecule is C[C@H]1CN(S(=O)(=O)c2ccc(Cl)cc2)CC[N+]1(C(=O)O)C(C)(C)C. The van der Waals surface area contributed by atoms with Crippen LogP contribution in [0.2, 0.25) is 5.02 Å². The third kappa shape index (κ3) is 3.06. The average Bonchev–Trinajstić information content (AvgIpc) is 2.45. The molecular formula is C16H24ClN2O4S+. The number of nitrogens with zero attached hydrogens (tertiary/aromatic N) is 2. The Balaban J connectivity index is 2.33. The maximum absolute atomic E-state index is 12.8. The number of sulfonamides is 1. The van der Waals surface area contributed by atoms with Crippen LogP contribution in [0.4, 0.5) is 4.79 Å². The molecule has 0 bridgehead atoms. The second-order valence-corrected chi connectivity index (χ2v) is 9.59. The summed E-state index contributed by atoms with van der Waals surface area (Å²) >= 11 is 5.82. The van der Waals surface area contributed by atoms with Crippen LogP contribution in [0.3, 0.4) is 0 Å². The molecule has 8 heteroatoms. The van der Waals surface area contributed by atoms with E-state index in [9.17, 15) is 18.3 Å². The van der Waals surface area contributed by atoms with Gasteiger partial charge >= 0.3 is 6.09 Å². The molecule has 0 aromatic heterocycles. The second-order valence-electron chi connectivity index (χ2n) is 7.21. The molecule has 1 aromatic rings. The lowest BCUT2D eigenvalue weighted by atomic mass is 9.96. The van der Waals surface area contributed by atoms with Gasteiger partial charge in [-0.25, -0.2) is 12.9 Å². The molecular weight excluding hydrogens is 352 g/mol. The van der Waals surface area contributed by atoms with Gasteiger partial charge in [0.25, 0.3) is 0 Å². The van der Waals surface area contributed by atoms with E-state index >= 15 is 0 Å². The molecule has 2 atom stereocenters. The topological polar surface area (TPSA) is 74.7 Å². The number of benzene rings is 1. The molecule has 1 amide bonds. The van der Waals surface area contributed by atoms with Crippen LogP contribution in [0, 0.1) is 0 Å². The summed E-state index contributed by atoms with van der Waals surface area (Å²) in [6.07, 6.45) is -0.918. The van der Waals surface area contributed by atoms with Crippen LogP contribution >= 0.6 is 11.6 Å². The van der Waals surface area contributed by atoms with Crippen LogP contribution in [-0.2, 0) is 10.0 Å². The van der Waals surface area contributed by atoms with E-state index in [0.717, 1.165) is 0 Å². The largest absolute Gasteiger partial charge is 0.514 e. The van der Waals surface area contributed by atoms with E-state index in [2.05, 4.69) is 0 Å². The Morgan fingerprint density at radius 2 is 1.83 bits per heavy atom. The number of amides is 1. The van der Waals surface area contributed by atoms with Crippen molar-refractivity contribution < 1.29 is 22.8 Å². The lowest BCUT2D eigenvalue weighted by molar-refractivity contribution is -0.928. The Kier molecular flexibility index (Phi) is 5.03. The highest BCUT2D eigenvalue weighted by Crippen LogP contribution is 2.34. The number of piperazine rings is 1. The molecule has 6 nitrogen and oxygen atoms in total. The molecule has 1 N–H and O–H groups in total. The first kappa shape index (κ1) is 19.2. The van der Waals surface area contributed by atoms with Crippen LogP contribution in [0.5, 0.6) is 0 Å². The summed E-state index contributed by atoms with van der Waals surface area (Å²) in [4.78, 5) is 12.2. The van der Waals surface area contributed by atoms with E-state index in [1.807, 2.05) is 20.8 Å². The molecule has 1 saturated heterocycles. The molecule has 1 aliphatic rings. The van der Waals surface area contributed by atoms with Gasteiger partial charge < -0.3 is 5.11 Å². The third-order valence-corrected chi connectivity index (χ3v) is 7.04. The predicted molar refractivity (Wildman–Crippen MR) is 92.6 cm³/mol. The molecule has 1 aliphatic heterocycles. The molecule has 2 rings (SSSR count). The van der Waals surface area contributed by atoms with E-state index in [4.69, 9.17) is 11.6 Å². The third-order valence-electron chi connectivity index (χ3n) is 4.91. The summed E-state index contributed by atoms with van der Waals surface area (Å²) < 4.78 is 26.8. The number of hydrogen-bond acceptors (Lipinski definition) is 3. The van der Waals surface area contributed by atoms with Crippen LogP contribution in [0.25, 0.3) is 0 Å². The van der Waals surface area contributed by atoms with Crippen molar-refractivity contribution in [3.63, 3.8) is 0 Å². The average molecular weight is 376 g/mol. The van der Waals surface area contributed by atoms with Crippen molar-refractivity contribution in [3.8, 4) is 0 Å². The van der Waals surface area contributed by atoms with Crippen molar-refractivity contribution in [2.45, 2.75) is 44.2 Å². The van der Waals surface area contributed by atoms with Gasteiger partial charge in [0.05, 0.1) is 18.0 Å². The Morgan fingerprint density at radius 1 is 1.29 bits per heavy atom. The molecule has 1 fully saturated rings. The fourth-order valence-corrected chi connectivity index (χ4v) is 5.19. The monoisotopic (exact) mass is 375 g/mol. The molecule has 0 radical (unpaired) electrons. The van der Waals surface area contributed by atoms with Crippen molar-refractivity contribution >= 4 is 27.7 Å². The Hall–Kier alpha value is -1.15. The minimum Gasteiger partial charge on any atom is -0.435 e. The van der Waals surface area contributed by atoms with Crippen LogP contribution in [0.1, 0.15) is 27.7 Å². The number of carboxylic acid groups (broad SMARTS) is 1. The van der Waals surface area contributed by atoms with Gasteiger partial charge in [-0.1, -0.05) is 11.6 Å². The standard InChI is InChI=1S/C16H23ClN2O4S/c1-12-11-18(9-10-19(12,15(20)21)16(2,3)4)24(22,23)14-7-5-13(17)6-8-14/h5-8,12H,9-11H2,1-4H3/p+1/t12-,19?/m0/s1. The lowest BCUT2D eigenvalue weighted by Gasteiger charge is -2.51. The first-order valence-corrected chi connectivity index (χ1v) is 9.62. The molecule has 0 aliphatic carbocycles. The first-order chi connectivity index (χ1) is 10.9. The normalized spacial score (nSPS) is 26.3. The van der Waals surface area contributed by atoms with Gasteiger partial charge in [0.1, 0.15) is 18.1 Å². The minimum atomic E-state index is -3.66. The Bertz CT molecular complexity index is 727. The lowest BCUT2D eigenvalue weighted by Crippen LogP contribution is -2.74. The van der Waals surface area contributed by atoms with Gasteiger partial charge in [0.2, 0.25) is 10.0 Å². The zero-order valence-corrected chi connectivity index (χ0v) is 15.9. The van der Waals surface area contributed by atoms with Gasteiger partial charge in [0, 0.05) is 5.02 Å². The maximum atomic E-state index is 12.8. The van der Waals surface area contributed by atoms with Gasteiger partial charge in [-0.05, 0) is 52.0 Å². The highest BCUT2D eigenvalue weighted by molar-refractivity contribution is 7.89. The minimum absolute atomic E-state index is 0.153. The summed E-state index contributed by atoms with van der Waals surface area (Å²) in [6.45, 7) is 7.98.